The van der Waals surface area contributed by atoms with E-state index in [4.69, 9.17) is 4.74 Å². The van der Waals surface area contributed by atoms with Gasteiger partial charge in [-0.3, -0.25) is 14.4 Å². The van der Waals surface area contributed by atoms with Crippen molar-refractivity contribution in [2.45, 2.75) is 26.9 Å². The lowest BCUT2D eigenvalue weighted by Gasteiger charge is -2.22. The Hall–Kier alpha value is -3.69. The summed E-state index contributed by atoms with van der Waals surface area (Å²) in [5.74, 6) is -3.25. The monoisotopic (exact) mass is 495 g/mol. The summed E-state index contributed by atoms with van der Waals surface area (Å²) in [5, 5.41) is 13.8. The molecule has 0 radical (unpaired) electrons. The molecule has 0 fully saturated rings. The normalized spacial score (nSPS) is 12.8. The molecule has 0 aliphatic carbocycles. The first-order chi connectivity index (χ1) is 17.3. The molecule has 0 spiro atoms. The van der Waals surface area contributed by atoms with Gasteiger partial charge in [0.1, 0.15) is 0 Å². The van der Waals surface area contributed by atoms with Crippen LogP contribution in [0.2, 0.25) is 0 Å². The SMILES string of the molecule is CCN(CC)CC(O)CNC(=O)c1c(OC(=O)C(C)C(=O)OC)c2ccccc2n1-c1ccccc1. The molecular weight excluding hydrogens is 462 g/mol. The summed E-state index contributed by atoms with van der Waals surface area (Å²) >= 11 is 0. The molecule has 9 heteroatoms. The molecule has 9 nitrogen and oxygen atoms in total. The minimum absolute atomic E-state index is 0.0115. The van der Waals surface area contributed by atoms with E-state index in [2.05, 4.69) is 15.0 Å². The molecule has 3 aromatic rings. The van der Waals surface area contributed by atoms with Gasteiger partial charge in [-0.15, -0.1) is 0 Å². The minimum Gasteiger partial charge on any atom is -0.468 e. The molecule has 3 rings (SSSR count). The molecule has 0 saturated carbocycles. The van der Waals surface area contributed by atoms with Crippen LogP contribution in [-0.2, 0) is 14.3 Å². The van der Waals surface area contributed by atoms with Crippen LogP contribution in [0, 0.1) is 5.92 Å². The smallest absolute Gasteiger partial charge is 0.325 e. The molecule has 1 heterocycles. The number of fused-ring (bicyclic) bond motifs is 1. The van der Waals surface area contributed by atoms with E-state index in [-0.39, 0.29) is 18.0 Å². The van der Waals surface area contributed by atoms with Crippen molar-refractivity contribution in [3.05, 3.63) is 60.3 Å². The van der Waals surface area contributed by atoms with Gasteiger partial charge in [-0.1, -0.05) is 44.2 Å². The van der Waals surface area contributed by atoms with Gasteiger partial charge in [0.2, 0.25) is 0 Å². The third-order valence-electron chi connectivity index (χ3n) is 6.03. The molecule has 1 aromatic heterocycles. The number of para-hydroxylation sites is 2. The number of rotatable bonds is 11. The van der Waals surface area contributed by atoms with E-state index >= 15 is 0 Å². The zero-order valence-corrected chi connectivity index (χ0v) is 21.1. The van der Waals surface area contributed by atoms with Crippen molar-refractivity contribution in [2.75, 3.05) is 33.3 Å². The number of likely N-dealkylation sites (N-methyl/N-ethyl adjacent to an activating group) is 1. The number of amides is 1. The Kier molecular flexibility index (Phi) is 9.21. The van der Waals surface area contributed by atoms with E-state index in [0.29, 0.717) is 23.1 Å². The number of ether oxygens (including phenoxy) is 2. The molecule has 0 aliphatic heterocycles. The van der Waals surface area contributed by atoms with Gasteiger partial charge in [0.25, 0.3) is 5.91 Å². The number of aliphatic hydroxyl groups excluding tert-OH is 1. The first kappa shape index (κ1) is 26.9. The predicted octanol–water partition coefficient (Wildman–Crippen LogP) is 2.78. The zero-order chi connectivity index (χ0) is 26.2. The molecule has 2 unspecified atom stereocenters. The molecule has 0 saturated heterocycles. The molecule has 0 aliphatic rings. The van der Waals surface area contributed by atoms with Crippen LogP contribution in [0.4, 0.5) is 0 Å². The van der Waals surface area contributed by atoms with Gasteiger partial charge in [0.15, 0.2) is 17.4 Å². The van der Waals surface area contributed by atoms with Crippen LogP contribution in [0.25, 0.3) is 16.6 Å². The maximum absolute atomic E-state index is 13.6. The van der Waals surface area contributed by atoms with Crippen molar-refractivity contribution in [2.24, 2.45) is 5.92 Å². The van der Waals surface area contributed by atoms with Crippen molar-refractivity contribution in [1.82, 2.24) is 14.8 Å². The van der Waals surface area contributed by atoms with Crippen molar-refractivity contribution in [1.29, 1.82) is 0 Å². The summed E-state index contributed by atoms with van der Waals surface area (Å²) in [6, 6.07) is 16.4. The van der Waals surface area contributed by atoms with Crippen LogP contribution in [-0.4, -0.2) is 71.8 Å². The predicted molar refractivity (Wildman–Crippen MR) is 136 cm³/mol. The lowest BCUT2D eigenvalue weighted by Crippen LogP contribution is -2.40. The van der Waals surface area contributed by atoms with Crippen molar-refractivity contribution < 1.29 is 29.0 Å². The maximum Gasteiger partial charge on any atom is 0.325 e. The summed E-state index contributed by atoms with van der Waals surface area (Å²) in [6.07, 6.45) is -0.784. The van der Waals surface area contributed by atoms with Gasteiger partial charge in [0, 0.05) is 24.2 Å². The molecule has 2 aromatic carbocycles. The molecule has 0 bridgehead atoms. The van der Waals surface area contributed by atoms with Crippen LogP contribution < -0.4 is 10.1 Å². The summed E-state index contributed by atoms with van der Waals surface area (Å²) in [6.45, 7) is 7.37. The highest BCUT2D eigenvalue weighted by Crippen LogP contribution is 2.36. The van der Waals surface area contributed by atoms with Crippen LogP contribution >= 0.6 is 0 Å². The molecule has 2 N–H and O–H groups in total. The Labute approximate surface area is 210 Å². The minimum atomic E-state index is -1.18. The molecular formula is C27H33N3O6. The van der Waals surface area contributed by atoms with E-state index in [1.165, 1.54) is 14.0 Å². The number of methoxy groups -OCH3 is 1. The lowest BCUT2D eigenvalue weighted by atomic mass is 10.2. The number of carbonyl (C=O) groups excluding carboxylic acids is 3. The van der Waals surface area contributed by atoms with E-state index in [9.17, 15) is 19.5 Å². The number of carbonyl (C=O) groups is 3. The number of benzene rings is 2. The van der Waals surface area contributed by atoms with E-state index in [1.807, 2.05) is 56.3 Å². The first-order valence-electron chi connectivity index (χ1n) is 12.0. The maximum atomic E-state index is 13.6. The molecule has 36 heavy (non-hydrogen) atoms. The van der Waals surface area contributed by atoms with Gasteiger partial charge in [-0.25, -0.2) is 0 Å². The van der Waals surface area contributed by atoms with Gasteiger partial charge in [-0.05, 0) is 44.3 Å². The summed E-state index contributed by atoms with van der Waals surface area (Å²) in [4.78, 5) is 40.4. The fourth-order valence-electron chi connectivity index (χ4n) is 3.96. The molecule has 1 amide bonds. The second kappa shape index (κ2) is 12.3. The van der Waals surface area contributed by atoms with Gasteiger partial charge < -0.3 is 29.4 Å². The summed E-state index contributed by atoms with van der Waals surface area (Å²) in [7, 11) is 1.19. The number of hydrogen-bond donors (Lipinski definition) is 2. The number of nitrogens with zero attached hydrogens (tertiary/aromatic N) is 2. The third kappa shape index (κ3) is 5.92. The Morgan fingerprint density at radius 1 is 1.00 bits per heavy atom. The third-order valence-corrected chi connectivity index (χ3v) is 6.03. The van der Waals surface area contributed by atoms with Crippen LogP contribution in [0.15, 0.2) is 54.6 Å². The van der Waals surface area contributed by atoms with Crippen molar-refractivity contribution in [3.8, 4) is 11.4 Å². The standard InChI is InChI=1S/C27H33N3O6/c1-5-29(6-2)17-20(31)16-28-25(32)23-24(36-27(34)18(3)26(33)35-4)21-14-10-11-15-22(21)30(23)19-12-8-7-9-13-19/h7-15,18,20,31H,5-6,16-17H2,1-4H3,(H,28,32). The van der Waals surface area contributed by atoms with Crippen molar-refractivity contribution in [3.63, 3.8) is 0 Å². The number of hydrogen-bond acceptors (Lipinski definition) is 7. The van der Waals surface area contributed by atoms with E-state index in [0.717, 1.165) is 13.1 Å². The fraction of sp³-hybridized carbons (Fsp3) is 0.370. The average Bonchev–Trinajstić information content (AvgIpc) is 3.23. The molecule has 2 atom stereocenters. The average molecular weight is 496 g/mol. The second-order valence-corrected chi connectivity index (χ2v) is 8.38. The lowest BCUT2D eigenvalue weighted by molar-refractivity contribution is -0.154. The molecule has 192 valence electrons. The van der Waals surface area contributed by atoms with Crippen LogP contribution in [0.3, 0.4) is 0 Å². The van der Waals surface area contributed by atoms with Gasteiger partial charge in [0.05, 0.1) is 18.7 Å². The zero-order valence-electron chi connectivity index (χ0n) is 21.1. The highest BCUT2D eigenvalue weighted by atomic mass is 16.6. The van der Waals surface area contributed by atoms with E-state index < -0.39 is 29.9 Å². The topological polar surface area (TPSA) is 110 Å². The van der Waals surface area contributed by atoms with Crippen LogP contribution in [0.1, 0.15) is 31.3 Å². The highest BCUT2D eigenvalue weighted by molar-refractivity contribution is 6.07. The van der Waals surface area contributed by atoms with Gasteiger partial charge in [-0.2, -0.15) is 0 Å². The Balaban J connectivity index is 2.05. The van der Waals surface area contributed by atoms with Gasteiger partial charge >= 0.3 is 11.9 Å². The number of esters is 2. The quantitative estimate of drug-likeness (QED) is 0.311. The van der Waals surface area contributed by atoms with Crippen LogP contribution in [0.5, 0.6) is 5.75 Å². The van der Waals surface area contributed by atoms with Crippen molar-refractivity contribution >= 4 is 28.7 Å². The largest absolute Gasteiger partial charge is 0.468 e. The number of aromatic nitrogens is 1. The Bertz CT molecular complexity index is 1200. The van der Waals surface area contributed by atoms with E-state index in [1.54, 1.807) is 16.7 Å². The fourth-order valence-corrected chi connectivity index (χ4v) is 3.96. The summed E-state index contributed by atoms with van der Waals surface area (Å²) < 4.78 is 12.1. The highest BCUT2D eigenvalue weighted by Gasteiger charge is 2.31. The Morgan fingerprint density at radius 2 is 1.64 bits per heavy atom. The number of nitrogens with one attached hydrogen (secondary N) is 1. The summed E-state index contributed by atoms with van der Waals surface area (Å²) in [5.41, 5.74) is 1.42. The first-order valence-corrected chi connectivity index (χ1v) is 12.0. The Morgan fingerprint density at radius 3 is 2.28 bits per heavy atom. The number of aliphatic hydroxyl groups is 1. The second-order valence-electron chi connectivity index (χ2n) is 8.38.